The quantitative estimate of drug-likeness (QED) is 0.532. The van der Waals surface area contributed by atoms with Gasteiger partial charge in [-0.25, -0.2) is 14.4 Å². The third-order valence-electron chi connectivity index (χ3n) is 3.87. The maximum absolute atomic E-state index is 13.8. The maximum Gasteiger partial charge on any atom is 0.162 e. The van der Waals surface area contributed by atoms with Crippen LogP contribution in [0, 0.1) is 12.7 Å². The summed E-state index contributed by atoms with van der Waals surface area (Å²) in [6.45, 7) is 1.92. The Bertz CT molecular complexity index is 1040. The van der Waals surface area contributed by atoms with Gasteiger partial charge in [-0.15, -0.1) is 0 Å². The minimum Gasteiger partial charge on any atom is -0.359 e. The van der Waals surface area contributed by atoms with Crippen LogP contribution in [0.15, 0.2) is 54.7 Å². The number of aromatic amines is 1. The van der Waals surface area contributed by atoms with Crippen molar-refractivity contribution in [1.29, 1.82) is 0 Å². The van der Waals surface area contributed by atoms with Gasteiger partial charge in [0.15, 0.2) is 5.82 Å². The summed E-state index contributed by atoms with van der Waals surface area (Å²) >= 11 is 6.11. The molecule has 0 atom stereocenters. The number of fused-ring (bicyclic) bond motifs is 1. The van der Waals surface area contributed by atoms with Crippen molar-refractivity contribution in [3.63, 3.8) is 0 Å². The van der Waals surface area contributed by atoms with Crippen LogP contribution in [0.1, 0.15) is 5.69 Å². The Morgan fingerprint density at radius 3 is 2.62 bits per heavy atom. The van der Waals surface area contributed by atoms with Gasteiger partial charge in [0.2, 0.25) is 0 Å². The molecule has 0 radical (unpaired) electrons. The Morgan fingerprint density at radius 2 is 1.83 bits per heavy atom. The minimum absolute atomic E-state index is 0.340. The summed E-state index contributed by atoms with van der Waals surface area (Å²) in [4.78, 5) is 12.3. The van der Waals surface area contributed by atoms with Crippen LogP contribution in [0.2, 0.25) is 5.02 Å². The number of H-pyrrole nitrogens is 1. The highest BCUT2D eigenvalue weighted by molar-refractivity contribution is 6.35. The predicted octanol–water partition coefficient (Wildman–Crippen LogP) is 5.39. The van der Waals surface area contributed by atoms with E-state index < -0.39 is 0 Å². The van der Waals surface area contributed by atoms with E-state index in [1.807, 2.05) is 43.3 Å². The predicted molar refractivity (Wildman–Crippen MR) is 94.5 cm³/mol. The normalized spacial score (nSPS) is 11.1. The molecule has 0 spiro atoms. The first kappa shape index (κ1) is 14.8. The van der Waals surface area contributed by atoms with E-state index in [1.54, 1.807) is 6.20 Å². The van der Waals surface area contributed by atoms with Crippen molar-refractivity contribution in [2.24, 2.45) is 0 Å². The fourth-order valence-corrected chi connectivity index (χ4v) is 3.05. The number of benzene rings is 2. The second kappa shape index (κ2) is 5.73. The number of rotatable bonds is 2. The first-order valence-electron chi connectivity index (χ1n) is 7.49. The molecule has 5 heteroatoms. The van der Waals surface area contributed by atoms with E-state index in [1.165, 1.54) is 12.1 Å². The van der Waals surface area contributed by atoms with Crippen molar-refractivity contribution in [3.05, 3.63) is 71.3 Å². The molecule has 0 aliphatic carbocycles. The number of hydrogen-bond donors (Lipinski definition) is 1. The zero-order valence-corrected chi connectivity index (χ0v) is 13.6. The third-order valence-corrected chi connectivity index (χ3v) is 4.17. The average molecular weight is 338 g/mol. The lowest BCUT2D eigenvalue weighted by Crippen LogP contribution is -1.94. The second-order valence-corrected chi connectivity index (χ2v) is 6.00. The van der Waals surface area contributed by atoms with Crippen LogP contribution in [0.3, 0.4) is 0 Å². The van der Waals surface area contributed by atoms with Crippen LogP contribution in [0.25, 0.3) is 33.5 Å². The van der Waals surface area contributed by atoms with E-state index in [0.717, 1.165) is 22.5 Å². The molecule has 118 valence electrons. The molecule has 2 heterocycles. The van der Waals surface area contributed by atoms with Crippen LogP contribution in [0.5, 0.6) is 0 Å². The highest BCUT2D eigenvalue weighted by Gasteiger charge is 2.14. The first-order valence-corrected chi connectivity index (χ1v) is 7.87. The van der Waals surface area contributed by atoms with Crippen LogP contribution in [-0.4, -0.2) is 15.0 Å². The van der Waals surface area contributed by atoms with E-state index >= 15 is 0 Å². The van der Waals surface area contributed by atoms with Crippen molar-refractivity contribution in [3.8, 4) is 22.6 Å². The molecular formula is C19H13ClFN3. The Labute approximate surface area is 143 Å². The van der Waals surface area contributed by atoms with Gasteiger partial charge in [-0.3, -0.25) is 0 Å². The molecule has 0 amide bonds. The van der Waals surface area contributed by atoms with Gasteiger partial charge >= 0.3 is 0 Å². The Balaban J connectivity index is 1.93. The molecule has 0 saturated carbocycles. The van der Waals surface area contributed by atoms with E-state index in [0.29, 0.717) is 21.7 Å². The first-order chi connectivity index (χ1) is 11.6. The molecule has 0 aliphatic heterocycles. The fraction of sp³-hybridized carbons (Fsp3) is 0.0526. The molecule has 2 aromatic carbocycles. The Hall–Kier alpha value is -2.72. The van der Waals surface area contributed by atoms with Crippen LogP contribution in [-0.2, 0) is 0 Å². The highest BCUT2D eigenvalue weighted by atomic mass is 35.5. The lowest BCUT2D eigenvalue weighted by molar-refractivity contribution is 0.630. The van der Waals surface area contributed by atoms with Crippen LogP contribution < -0.4 is 0 Å². The number of nitrogens with one attached hydrogen (secondary N) is 1. The molecule has 3 nitrogen and oxygen atoms in total. The van der Waals surface area contributed by atoms with E-state index in [9.17, 15) is 4.39 Å². The van der Waals surface area contributed by atoms with Gasteiger partial charge in [-0.05, 0) is 25.1 Å². The van der Waals surface area contributed by atoms with E-state index in [4.69, 9.17) is 11.6 Å². The molecule has 0 unspecified atom stereocenters. The minimum atomic E-state index is -0.385. The van der Waals surface area contributed by atoms with Crippen LogP contribution in [0.4, 0.5) is 4.39 Å². The number of hydrogen-bond acceptors (Lipinski definition) is 2. The van der Waals surface area contributed by atoms with E-state index in [-0.39, 0.29) is 5.82 Å². The topological polar surface area (TPSA) is 41.6 Å². The molecule has 0 fully saturated rings. The van der Waals surface area contributed by atoms with Crippen molar-refractivity contribution in [1.82, 2.24) is 15.0 Å². The molecule has 1 N–H and O–H groups in total. The smallest absolute Gasteiger partial charge is 0.162 e. The standard InChI is InChI=1S/C19H13ClFN3/c1-11-7-17(12-5-3-2-4-6-12)24-19(23-11)15-10-22-18-14(15)8-13(21)9-16(18)20/h2-10,22H,1H3. The Morgan fingerprint density at radius 1 is 1.04 bits per heavy atom. The van der Waals surface area contributed by atoms with E-state index in [2.05, 4.69) is 15.0 Å². The lowest BCUT2D eigenvalue weighted by Gasteiger charge is -2.06. The summed E-state index contributed by atoms with van der Waals surface area (Å²) in [5.74, 6) is 0.158. The Kier molecular flexibility index (Phi) is 3.54. The van der Waals surface area contributed by atoms with Crippen LogP contribution >= 0.6 is 11.6 Å². The molecule has 2 aromatic heterocycles. The summed E-state index contributed by atoms with van der Waals surface area (Å²) in [7, 11) is 0. The van der Waals surface area contributed by atoms with Gasteiger partial charge in [-0.1, -0.05) is 41.9 Å². The monoisotopic (exact) mass is 337 g/mol. The average Bonchev–Trinajstić information content (AvgIpc) is 2.99. The summed E-state index contributed by atoms with van der Waals surface area (Å²) in [6, 6.07) is 14.6. The van der Waals surface area contributed by atoms with Gasteiger partial charge in [0, 0.05) is 28.4 Å². The third kappa shape index (κ3) is 2.55. The zero-order chi connectivity index (χ0) is 16.7. The number of halogens is 2. The highest BCUT2D eigenvalue weighted by Crippen LogP contribution is 2.32. The molecule has 4 aromatic rings. The molecular weight excluding hydrogens is 325 g/mol. The molecule has 4 rings (SSSR count). The fourth-order valence-electron chi connectivity index (χ4n) is 2.79. The molecule has 0 saturated heterocycles. The SMILES string of the molecule is Cc1cc(-c2ccccc2)nc(-c2c[nH]c3c(Cl)cc(F)cc23)n1. The summed E-state index contributed by atoms with van der Waals surface area (Å²) < 4.78 is 13.8. The van der Waals surface area contributed by atoms with Crippen molar-refractivity contribution >= 4 is 22.5 Å². The summed E-state index contributed by atoms with van der Waals surface area (Å²) in [5.41, 5.74) is 4.09. The molecule has 24 heavy (non-hydrogen) atoms. The van der Waals surface area contributed by atoms with Crippen molar-refractivity contribution < 1.29 is 4.39 Å². The maximum atomic E-state index is 13.8. The van der Waals surface area contributed by atoms with Gasteiger partial charge in [0.1, 0.15) is 5.82 Å². The zero-order valence-electron chi connectivity index (χ0n) is 12.8. The van der Waals surface area contributed by atoms with Gasteiger partial charge < -0.3 is 4.98 Å². The molecule has 0 bridgehead atoms. The number of aromatic nitrogens is 3. The number of aryl methyl sites for hydroxylation is 1. The van der Waals surface area contributed by atoms with Gasteiger partial charge in [-0.2, -0.15) is 0 Å². The second-order valence-electron chi connectivity index (χ2n) is 5.60. The summed E-state index contributed by atoms with van der Waals surface area (Å²) in [6.07, 6.45) is 1.76. The van der Waals surface area contributed by atoms with Gasteiger partial charge in [0.05, 0.1) is 16.2 Å². The summed E-state index contributed by atoms with van der Waals surface area (Å²) in [5, 5.41) is 1.01. The molecule has 0 aliphatic rings. The lowest BCUT2D eigenvalue weighted by atomic mass is 10.1. The largest absolute Gasteiger partial charge is 0.359 e. The number of nitrogens with zero attached hydrogens (tertiary/aromatic N) is 2. The van der Waals surface area contributed by atoms with Crippen molar-refractivity contribution in [2.75, 3.05) is 0 Å². The van der Waals surface area contributed by atoms with Gasteiger partial charge in [0.25, 0.3) is 0 Å². The van der Waals surface area contributed by atoms with Crippen molar-refractivity contribution in [2.45, 2.75) is 6.92 Å².